The van der Waals surface area contributed by atoms with E-state index in [4.69, 9.17) is 4.52 Å². The Morgan fingerprint density at radius 3 is 1.83 bits per heavy atom. The third kappa shape index (κ3) is 3.94. The molecule has 0 atom stereocenters. The summed E-state index contributed by atoms with van der Waals surface area (Å²) in [7, 11) is -1.48. The molecule has 0 N–H and O–H groups in total. The summed E-state index contributed by atoms with van der Waals surface area (Å²) in [5.41, 5.74) is 0.398. The first kappa shape index (κ1) is 20.0. The zero-order chi connectivity index (χ0) is 20.6. The minimum Gasteiger partial charge on any atom is -0.360 e. The van der Waals surface area contributed by atoms with E-state index >= 15 is 0 Å². The maximum Gasteiger partial charge on any atom is 0.248 e. The average Bonchev–Trinajstić information content (AvgIpc) is 3.08. The third-order valence-corrected chi connectivity index (χ3v) is 7.74. The van der Waals surface area contributed by atoms with E-state index in [1.165, 1.54) is 4.31 Å². The van der Waals surface area contributed by atoms with Crippen molar-refractivity contribution in [1.29, 1.82) is 0 Å². The maximum atomic E-state index is 12.9. The van der Waals surface area contributed by atoms with Gasteiger partial charge in [-0.05, 0) is 33.0 Å². The molecule has 2 aromatic rings. The normalized spacial score (nSPS) is 19.7. The van der Waals surface area contributed by atoms with Crippen LogP contribution in [0.15, 0.2) is 21.6 Å². The molecule has 0 amide bonds. The summed E-state index contributed by atoms with van der Waals surface area (Å²) in [4.78, 5) is 6.79. The van der Waals surface area contributed by atoms with E-state index in [9.17, 15) is 8.42 Å². The molecule has 0 radical (unpaired) electrons. The summed E-state index contributed by atoms with van der Waals surface area (Å²) in [6, 6.07) is 3.97. The van der Waals surface area contributed by atoms with Gasteiger partial charge in [-0.15, -0.1) is 10.2 Å². The Morgan fingerprint density at radius 2 is 1.38 bits per heavy atom. The van der Waals surface area contributed by atoms with Gasteiger partial charge < -0.3 is 19.2 Å². The molecule has 2 aliphatic heterocycles. The van der Waals surface area contributed by atoms with Crippen LogP contribution in [0.5, 0.6) is 0 Å². The predicted octanol–water partition coefficient (Wildman–Crippen LogP) is 0.344. The lowest BCUT2D eigenvalue weighted by Gasteiger charge is -2.35. The molecule has 29 heavy (non-hydrogen) atoms. The van der Waals surface area contributed by atoms with Crippen LogP contribution in [0.1, 0.15) is 11.5 Å². The molecular formula is C18H27N7O3S. The molecule has 4 rings (SSSR count). The lowest BCUT2D eigenvalue weighted by atomic mass is 10.3. The topological polar surface area (TPSA) is 98.9 Å². The number of hydrogen-bond acceptors (Lipinski definition) is 9. The molecule has 4 heterocycles. The van der Waals surface area contributed by atoms with E-state index in [-0.39, 0.29) is 4.90 Å². The van der Waals surface area contributed by atoms with Crippen LogP contribution in [0.3, 0.4) is 0 Å². The van der Waals surface area contributed by atoms with Gasteiger partial charge in [-0.25, -0.2) is 8.42 Å². The molecule has 0 aromatic carbocycles. The van der Waals surface area contributed by atoms with Crippen LogP contribution in [0.4, 0.5) is 11.6 Å². The highest BCUT2D eigenvalue weighted by molar-refractivity contribution is 7.89. The fourth-order valence-electron chi connectivity index (χ4n) is 3.82. The van der Waals surface area contributed by atoms with Crippen molar-refractivity contribution in [3.8, 4) is 0 Å². The van der Waals surface area contributed by atoms with Crippen LogP contribution < -0.4 is 9.80 Å². The fourth-order valence-corrected chi connectivity index (χ4v) is 5.53. The Bertz CT molecular complexity index is 925. The van der Waals surface area contributed by atoms with Gasteiger partial charge in [-0.2, -0.15) is 4.31 Å². The highest BCUT2D eigenvalue weighted by Crippen LogP contribution is 2.25. The number of rotatable bonds is 4. The molecule has 2 aliphatic rings. The van der Waals surface area contributed by atoms with Gasteiger partial charge in [0.25, 0.3) is 0 Å². The molecular weight excluding hydrogens is 394 g/mol. The van der Waals surface area contributed by atoms with E-state index in [0.29, 0.717) is 37.6 Å². The van der Waals surface area contributed by atoms with Crippen LogP contribution in [0.25, 0.3) is 0 Å². The van der Waals surface area contributed by atoms with Crippen LogP contribution in [-0.2, 0) is 10.0 Å². The van der Waals surface area contributed by atoms with Gasteiger partial charge in [0.2, 0.25) is 10.0 Å². The molecule has 2 fully saturated rings. The number of aryl methyl sites for hydroxylation is 2. The molecule has 158 valence electrons. The Hall–Kier alpha value is -2.24. The van der Waals surface area contributed by atoms with E-state index < -0.39 is 10.0 Å². The number of hydrogen-bond donors (Lipinski definition) is 0. The molecule has 0 spiro atoms. The van der Waals surface area contributed by atoms with Crippen molar-refractivity contribution >= 4 is 21.7 Å². The number of likely N-dealkylation sites (N-methyl/N-ethyl adjacent to an activating group) is 1. The SMILES string of the molecule is Cc1noc(C)c1S(=O)(=O)N1CCN(c2ccc(N3CCN(C)CC3)nn2)CC1. The summed E-state index contributed by atoms with van der Waals surface area (Å²) in [5.74, 6) is 1.99. The largest absolute Gasteiger partial charge is 0.360 e. The zero-order valence-electron chi connectivity index (χ0n) is 17.1. The van der Waals surface area contributed by atoms with Gasteiger partial charge in [0.15, 0.2) is 17.4 Å². The Balaban J connectivity index is 1.40. The number of anilines is 2. The van der Waals surface area contributed by atoms with E-state index in [2.05, 4.69) is 37.1 Å². The number of aromatic nitrogens is 3. The van der Waals surface area contributed by atoms with Crippen molar-refractivity contribution in [3.63, 3.8) is 0 Å². The Labute approximate surface area is 171 Å². The molecule has 11 heteroatoms. The fraction of sp³-hybridized carbons (Fsp3) is 0.611. The van der Waals surface area contributed by atoms with Crippen molar-refractivity contribution in [2.75, 3.05) is 69.2 Å². The number of piperazine rings is 2. The van der Waals surface area contributed by atoms with E-state index in [0.717, 1.165) is 37.8 Å². The highest BCUT2D eigenvalue weighted by Gasteiger charge is 2.33. The van der Waals surface area contributed by atoms with Crippen molar-refractivity contribution in [3.05, 3.63) is 23.6 Å². The molecule has 10 nitrogen and oxygen atoms in total. The molecule has 0 saturated carbocycles. The monoisotopic (exact) mass is 421 g/mol. The first-order valence-electron chi connectivity index (χ1n) is 9.81. The van der Waals surface area contributed by atoms with Crippen LogP contribution in [0, 0.1) is 13.8 Å². The molecule has 0 aliphatic carbocycles. The van der Waals surface area contributed by atoms with E-state index in [1.807, 2.05) is 12.1 Å². The lowest BCUT2D eigenvalue weighted by Crippen LogP contribution is -2.49. The second-order valence-corrected chi connectivity index (χ2v) is 9.46. The molecule has 0 bridgehead atoms. The van der Waals surface area contributed by atoms with Crippen molar-refractivity contribution in [1.82, 2.24) is 24.6 Å². The van der Waals surface area contributed by atoms with Gasteiger partial charge in [-0.1, -0.05) is 5.16 Å². The van der Waals surface area contributed by atoms with Gasteiger partial charge in [0.05, 0.1) is 0 Å². The predicted molar refractivity (Wildman–Crippen MR) is 109 cm³/mol. The van der Waals surface area contributed by atoms with Crippen molar-refractivity contribution in [2.45, 2.75) is 18.7 Å². The van der Waals surface area contributed by atoms with Crippen molar-refractivity contribution in [2.24, 2.45) is 0 Å². The summed E-state index contributed by atoms with van der Waals surface area (Å²) in [5, 5.41) is 12.6. The molecule has 2 saturated heterocycles. The summed E-state index contributed by atoms with van der Waals surface area (Å²) in [6.45, 7) is 9.10. The van der Waals surface area contributed by atoms with Gasteiger partial charge >= 0.3 is 0 Å². The summed E-state index contributed by atoms with van der Waals surface area (Å²) in [6.07, 6.45) is 0. The zero-order valence-corrected chi connectivity index (χ0v) is 17.9. The highest BCUT2D eigenvalue weighted by atomic mass is 32.2. The van der Waals surface area contributed by atoms with Gasteiger partial charge in [0, 0.05) is 52.4 Å². The first-order chi connectivity index (χ1) is 13.9. The number of sulfonamides is 1. The quantitative estimate of drug-likeness (QED) is 0.692. The minimum absolute atomic E-state index is 0.183. The number of nitrogens with zero attached hydrogens (tertiary/aromatic N) is 7. The van der Waals surface area contributed by atoms with Crippen LogP contribution >= 0.6 is 0 Å². The maximum absolute atomic E-state index is 12.9. The van der Waals surface area contributed by atoms with Crippen LogP contribution in [-0.4, -0.2) is 92.4 Å². The van der Waals surface area contributed by atoms with Crippen molar-refractivity contribution < 1.29 is 12.9 Å². The lowest BCUT2D eigenvalue weighted by molar-refractivity contribution is 0.312. The van der Waals surface area contributed by atoms with E-state index in [1.54, 1.807) is 13.8 Å². The Morgan fingerprint density at radius 1 is 0.862 bits per heavy atom. The second kappa shape index (κ2) is 7.88. The third-order valence-electron chi connectivity index (χ3n) is 5.59. The van der Waals surface area contributed by atoms with Crippen LogP contribution in [0.2, 0.25) is 0 Å². The summed E-state index contributed by atoms with van der Waals surface area (Å²) >= 11 is 0. The Kier molecular flexibility index (Phi) is 5.45. The smallest absolute Gasteiger partial charge is 0.248 e. The molecule has 0 unspecified atom stereocenters. The second-order valence-electron chi connectivity index (χ2n) is 7.58. The van der Waals surface area contributed by atoms with Gasteiger partial charge in [-0.3, -0.25) is 0 Å². The molecule has 2 aromatic heterocycles. The van der Waals surface area contributed by atoms with Gasteiger partial charge in [0.1, 0.15) is 10.6 Å². The standard InChI is InChI=1S/C18H27N7O3S/c1-14-18(15(2)28-21-14)29(26,27)25-12-10-24(11-13-25)17-5-4-16(19-20-17)23-8-6-22(3)7-9-23/h4-5H,6-13H2,1-3H3. The summed E-state index contributed by atoms with van der Waals surface area (Å²) < 4.78 is 32.4. The minimum atomic E-state index is -3.61. The first-order valence-corrected chi connectivity index (χ1v) is 11.3. The average molecular weight is 422 g/mol.